The second-order valence-corrected chi connectivity index (χ2v) is 6.78. The van der Waals surface area contributed by atoms with Crippen molar-refractivity contribution in [1.29, 1.82) is 0 Å². The fourth-order valence-corrected chi connectivity index (χ4v) is 2.69. The third kappa shape index (κ3) is 4.51. The van der Waals surface area contributed by atoms with Crippen molar-refractivity contribution in [2.24, 2.45) is 0 Å². The predicted molar refractivity (Wildman–Crippen MR) is 92.0 cm³/mol. The Morgan fingerprint density at radius 3 is 2.65 bits per heavy atom. The SMILES string of the molecule is COc1ccc(N(C(=O)OC(C)(C)C)C2CCCNC2)c(N)c1. The van der Waals surface area contributed by atoms with E-state index < -0.39 is 5.60 Å². The lowest BCUT2D eigenvalue weighted by Crippen LogP contribution is -2.50. The van der Waals surface area contributed by atoms with E-state index in [-0.39, 0.29) is 12.1 Å². The molecule has 1 amide bonds. The molecule has 6 nitrogen and oxygen atoms in total. The summed E-state index contributed by atoms with van der Waals surface area (Å²) in [4.78, 5) is 14.4. The number of ether oxygens (including phenoxy) is 2. The maximum Gasteiger partial charge on any atom is 0.415 e. The zero-order chi connectivity index (χ0) is 17.0. The lowest BCUT2D eigenvalue weighted by atomic mass is 10.0. The van der Waals surface area contributed by atoms with E-state index in [0.717, 1.165) is 25.9 Å². The van der Waals surface area contributed by atoms with Gasteiger partial charge in [0.15, 0.2) is 0 Å². The van der Waals surface area contributed by atoms with Crippen LogP contribution in [0, 0.1) is 0 Å². The summed E-state index contributed by atoms with van der Waals surface area (Å²) in [6.07, 6.45) is 1.56. The van der Waals surface area contributed by atoms with E-state index in [1.54, 1.807) is 24.1 Å². The van der Waals surface area contributed by atoms with Gasteiger partial charge in [-0.05, 0) is 52.3 Å². The van der Waals surface area contributed by atoms with Gasteiger partial charge in [-0.3, -0.25) is 4.90 Å². The molecule has 0 aliphatic carbocycles. The van der Waals surface area contributed by atoms with Crippen molar-refractivity contribution in [3.05, 3.63) is 18.2 Å². The number of nitrogens with one attached hydrogen (secondary N) is 1. The van der Waals surface area contributed by atoms with Gasteiger partial charge in [0.1, 0.15) is 11.4 Å². The molecule has 1 unspecified atom stereocenters. The number of nitrogens with two attached hydrogens (primary N) is 1. The van der Waals surface area contributed by atoms with E-state index >= 15 is 0 Å². The first kappa shape index (κ1) is 17.4. The average Bonchev–Trinajstić information content (AvgIpc) is 2.48. The lowest BCUT2D eigenvalue weighted by molar-refractivity contribution is 0.0560. The van der Waals surface area contributed by atoms with Crippen molar-refractivity contribution in [1.82, 2.24) is 5.32 Å². The van der Waals surface area contributed by atoms with Crippen molar-refractivity contribution >= 4 is 17.5 Å². The maximum atomic E-state index is 12.8. The summed E-state index contributed by atoms with van der Waals surface area (Å²) in [7, 11) is 1.59. The topological polar surface area (TPSA) is 76.8 Å². The first-order valence-electron chi connectivity index (χ1n) is 7.98. The van der Waals surface area contributed by atoms with Gasteiger partial charge >= 0.3 is 6.09 Å². The number of methoxy groups -OCH3 is 1. The van der Waals surface area contributed by atoms with Crippen molar-refractivity contribution in [3.8, 4) is 5.75 Å². The fourth-order valence-electron chi connectivity index (χ4n) is 2.69. The number of piperidine rings is 1. The van der Waals surface area contributed by atoms with Crippen LogP contribution in [0.25, 0.3) is 0 Å². The Labute approximate surface area is 137 Å². The van der Waals surface area contributed by atoms with Crippen LogP contribution in [0.2, 0.25) is 0 Å². The molecule has 1 saturated heterocycles. The van der Waals surface area contributed by atoms with E-state index in [2.05, 4.69) is 5.32 Å². The summed E-state index contributed by atoms with van der Waals surface area (Å²) >= 11 is 0. The van der Waals surface area contributed by atoms with Gasteiger partial charge in [0, 0.05) is 12.6 Å². The van der Waals surface area contributed by atoms with E-state index in [4.69, 9.17) is 15.2 Å². The molecule has 23 heavy (non-hydrogen) atoms. The first-order chi connectivity index (χ1) is 10.8. The molecule has 2 rings (SSSR count). The molecule has 3 N–H and O–H groups in total. The molecule has 0 bridgehead atoms. The fraction of sp³-hybridized carbons (Fsp3) is 0.588. The van der Waals surface area contributed by atoms with Crippen molar-refractivity contribution in [3.63, 3.8) is 0 Å². The second kappa shape index (κ2) is 7.08. The minimum atomic E-state index is -0.557. The van der Waals surface area contributed by atoms with Gasteiger partial charge in [0.25, 0.3) is 0 Å². The minimum absolute atomic E-state index is 0.0225. The van der Waals surface area contributed by atoms with Gasteiger partial charge in [0.2, 0.25) is 0 Å². The molecule has 6 heteroatoms. The summed E-state index contributed by atoms with van der Waals surface area (Å²) in [6, 6.07) is 5.36. The monoisotopic (exact) mass is 321 g/mol. The Bertz CT molecular complexity index is 549. The van der Waals surface area contributed by atoms with E-state index in [0.29, 0.717) is 17.1 Å². The molecule has 0 aromatic heterocycles. The highest BCUT2D eigenvalue weighted by atomic mass is 16.6. The smallest absolute Gasteiger partial charge is 0.415 e. The minimum Gasteiger partial charge on any atom is -0.497 e. The average molecular weight is 321 g/mol. The highest BCUT2D eigenvalue weighted by Crippen LogP contribution is 2.31. The number of anilines is 2. The van der Waals surface area contributed by atoms with Crippen LogP contribution in [-0.2, 0) is 4.74 Å². The maximum absolute atomic E-state index is 12.8. The molecule has 1 aromatic carbocycles. The van der Waals surface area contributed by atoms with Gasteiger partial charge in [-0.25, -0.2) is 4.79 Å². The van der Waals surface area contributed by atoms with Crippen molar-refractivity contribution < 1.29 is 14.3 Å². The zero-order valence-corrected chi connectivity index (χ0v) is 14.4. The summed E-state index contributed by atoms with van der Waals surface area (Å²) in [5.74, 6) is 0.664. The number of benzene rings is 1. The Morgan fingerprint density at radius 2 is 2.13 bits per heavy atom. The Hall–Kier alpha value is -1.95. The number of hydrogen-bond acceptors (Lipinski definition) is 5. The second-order valence-electron chi connectivity index (χ2n) is 6.78. The molecule has 0 radical (unpaired) electrons. The van der Waals surface area contributed by atoms with Crippen LogP contribution >= 0.6 is 0 Å². The van der Waals surface area contributed by atoms with Gasteiger partial charge in [-0.2, -0.15) is 0 Å². The van der Waals surface area contributed by atoms with Crippen molar-refractivity contribution in [2.75, 3.05) is 30.8 Å². The molecule has 0 saturated carbocycles. The molecular weight excluding hydrogens is 294 g/mol. The molecule has 1 aromatic rings. The van der Waals surface area contributed by atoms with Crippen LogP contribution in [0.3, 0.4) is 0 Å². The molecule has 1 atom stereocenters. The van der Waals surface area contributed by atoms with Crippen LogP contribution < -0.4 is 20.7 Å². The number of nitrogens with zero attached hydrogens (tertiary/aromatic N) is 1. The van der Waals surface area contributed by atoms with E-state index in [1.807, 2.05) is 26.8 Å². The highest BCUT2D eigenvalue weighted by Gasteiger charge is 2.31. The van der Waals surface area contributed by atoms with Gasteiger partial charge in [0.05, 0.1) is 24.5 Å². The van der Waals surface area contributed by atoms with Gasteiger partial charge in [-0.15, -0.1) is 0 Å². The van der Waals surface area contributed by atoms with Crippen LogP contribution in [0.15, 0.2) is 18.2 Å². The number of rotatable bonds is 3. The highest BCUT2D eigenvalue weighted by molar-refractivity contribution is 5.92. The van der Waals surface area contributed by atoms with Crippen LogP contribution in [0.5, 0.6) is 5.75 Å². The van der Waals surface area contributed by atoms with Crippen LogP contribution in [0.1, 0.15) is 33.6 Å². The van der Waals surface area contributed by atoms with E-state index in [1.165, 1.54) is 0 Å². The number of hydrogen-bond donors (Lipinski definition) is 2. The molecule has 1 fully saturated rings. The molecule has 0 spiro atoms. The summed E-state index contributed by atoms with van der Waals surface area (Å²) in [6.45, 7) is 7.28. The summed E-state index contributed by atoms with van der Waals surface area (Å²) < 4.78 is 10.8. The summed E-state index contributed by atoms with van der Waals surface area (Å²) in [5.41, 5.74) is 6.76. The first-order valence-corrected chi connectivity index (χ1v) is 7.98. The van der Waals surface area contributed by atoms with Crippen LogP contribution in [-0.4, -0.2) is 37.9 Å². The van der Waals surface area contributed by atoms with Crippen molar-refractivity contribution in [2.45, 2.75) is 45.3 Å². The van der Waals surface area contributed by atoms with Crippen LogP contribution in [0.4, 0.5) is 16.2 Å². The van der Waals surface area contributed by atoms with E-state index in [9.17, 15) is 4.79 Å². The standard InChI is InChI=1S/C17H27N3O3/c1-17(2,3)23-16(21)20(12-6-5-9-19-11-12)15-8-7-13(22-4)10-14(15)18/h7-8,10,12,19H,5-6,9,11,18H2,1-4H3. The van der Waals surface area contributed by atoms with Gasteiger partial charge < -0.3 is 20.5 Å². The lowest BCUT2D eigenvalue weighted by Gasteiger charge is -2.36. The number of amides is 1. The Balaban J connectivity index is 2.34. The third-order valence-corrected chi connectivity index (χ3v) is 3.72. The Kier molecular flexibility index (Phi) is 5.36. The molecule has 1 aliphatic heterocycles. The molecule has 128 valence electrons. The zero-order valence-electron chi connectivity index (χ0n) is 14.4. The molecular formula is C17H27N3O3. The molecule has 1 heterocycles. The quantitative estimate of drug-likeness (QED) is 0.837. The number of carbonyl (C=O) groups excluding carboxylic acids is 1. The predicted octanol–water partition coefficient (Wildman–Crippen LogP) is 2.77. The van der Waals surface area contributed by atoms with Gasteiger partial charge in [-0.1, -0.05) is 0 Å². The number of carbonyl (C=O) groups is 1. The number of nitrogen functional groups attached to an aromatic ring is 1. The normalized spacial score (nSPS) is 18.3. The largest absolute Gasteiger partial charge is 0.497 e. The third-order valence-electron chi connectivity index (χ3n) is 3.72. The summed E-state index contributed by atoms with van der Waals surface area (Å²) in [5, 5.41) is 3.33. The molecule has 1 aliphatic rings. The Morgan fingerprint density at radius 1 is 1.39 bits per heavy atom.